The zero-order valence-corrected chi connectivity index (χ0v) is 12.0. The Morgan fingerprint density at radius 1 is 1.16 bits per heavy atom. The third-order valence-corrected chi connectivity index (χ3v) is 2.93. The summed E-state index contributed by atoms with van der Waals surface area (Å²) in [6.45, 7) is 5.31. The van der Waals surface area contributed by atoms with Gasteiger partial charge in [-0.25, -0.2) is 0 Å². The maximum Gasteiger partial charge on any atom is 0.246 e. The molecule has 1 aromatic carbocycles. The first-order valence-electron chi connectivity index (χ1n) is 6.35. The van der Waals surface area contributed by atoms with Crippen molar-refractivity contribution in [1.82, 2.24) is 4.90 Å². The standard InChI is InChI=1S/C15H21NO3/c1-5-16(6-2)15(17)11-10-12-13(18-3)8-7-9-14(12)19-4/h7-11H,5-6H2,1-4H3/b11-10+. The van der Waals surface area contributed by atoms with Gasteiger partial charge in [-0.1, -0.05) is 6.07 Å². The number of nitrogens with zero attached hydrogens (tertiary/aromatic N) is 1. The number of likely N-dealkylation sites (N-methyl/N-ethyl adjacent to an activating group) is 1. The van der Waals surface area contributed by atoms with Crippen LogP contribution in [0.1, 0.15) is 19.4 Å². The molecule has 0 saturated carbocycles. The normalized spacial score (nSPS) is 10.5. The summed E-state index contributed by atoms with van der Waals surface area (Å²) < 4.78 is 10.6. The third-order valence-electron chi connectivity index (χ3n) is 2.93. The van der Waals surface area contributed by atoms with Gasteiger partial charge in [0.1, 0.15) is 11.5 Å². The van der Waals surface area contributed by atoms with Crippen LogP contribution in [0.15, 0.2) is 24.3 Å². The topological polar surface area (TPSA) is 38.8 Å². The summed E-state index contributed by atoms with van der Waals surface area (Å²) in [5.74, 6) is 1.35. The van der Waals surface area contributed by atoms with Crippen LogP contribution < -0.4 is 9.47 Å². The fourth-order valence-corrected chi connectivity index (χ4v) is 1.84. The Hall–Kier alpha value is -1.97. The van der Waals surface area contributed by atoms with Crippen LogP contribution in [0.25, 0.3) is 6.08 Å². The monoisotopic (exact) mass is 263 g/mol. The largest absolute Gasteiger partial charge is 0.496 e. The first-order chi connectivity index (χ1) is 9.17. The highest BCUT2D eigenvalue weighted by atomic mass is 16.5. The fourth-order valence-electron chi connectivity index (χ4n) is 1.84. The minimum absolute atomic E-state index is 0.0158. The van der Waals surface area contributed by atoms with Gasteiger partial charge in [0.2, 0.25) is 5.91 Å². The SMILES string of the molecule is CCN(CC)C(=O)/C=C/c1c(OC)cccc1OC. The molecule has 4 nitrogen and oxygen atoms in total. The molecule has 1 amide bonds. The molecule has 0 aromatic heterocycles. The molecule has 0 aliphatic heterocycles. The van der Waals surface area contributed by atoms with Crippen LogP contribution in [0.2, 0.25) is 0 Å². The zero-order chi connectivity index (χ0) is 14.3. The highest BCUT2D eigenvalue weighted by Crippen LogP contribution is 2.29. The lowest BCUT2D eigenvalue weighted by Crippen LogP contribution is -2.28. The molecular weight excluding hydrogens is 242 g/mol. The molecular formula is C15H21NO3. The van der Waals surface area contributed by atoms with Crippen molar-refractivity contribution in [1.29, 1.82) is 0 Å². The van der Waals surface area contributed by atoms with Gasteiger partial charge in [-0.15, -0.1) is 0 Å². The fraction of sp³-hybridized carbons (Fsp3) is 0.400. The summed E-state index contributed by atoms with van der Waals surface area (Å²) >= 11 is 0. The summed E-state index contributed by atoms with van der Waals surface area (Å²) in [5.41, 5.74) is 0.771. The van der Waals surface area contributed by atoms with Crippen molar-refractivity contribution in [2.75, 3.05) is 27.3 Å². The average molecular weight is 263 g/mol. The van der Waals surface area contributed by atoms with Gasteiger partial charge in [-0.2, -0.15) is 0 Å². The van der Waals surface area contributed by atoms with E-state index in [1.54, 1.807) is 31.3 Å². The third kappa shape index (κ3) is 3.74. The lowest BCUT2D eigenvalue weighted by atomic mass is 10.1. The van der Waals surface area contributed by atoms with E-state index in [1.165, 1.54) is 0 Å². The van der Waals surface area contributed by atoms with Gasteiger partial charge in [-0.3, -0.25) is 4.79 Å². The van der Waals surface area contributed by atoms with E-state index in [-0.39, 0.29) is 5.91 Å². The van der Waals surface area contributed by atoms with E-state index < -0.39 is 0 Å². The molecule has 0 spiro atoms. The predicted octanol–water partition coefficient (Wildman–Crippen LogP) is 2.59. The molecule has 0 saturated heterocycles. The molecule has 0 aliphatic rings. The second kappa shape index (κ2) is 7.46. The summed E-state index contributed by atoms with van der Waals surface area (Å²) in [4.78, 5) is 13.7. The molecule has 0 heterocycles. The highest BCUT2D eigenvalue weighted by molar-refractivity contribution is 5.92. The number of carbonyl (C=O) groups is 1. The number of amides is 1. The minimum atomic E-state index is -0.0158. The van der Waals surface area contributed by atoms with Gasteiger partial charge in [-0.05, 0) is 32.1 Å². The first kappa shape index (κ1) is 15.1. The number of ether oxygens (including phenoxy) is 2. The summed E-state index contributed by atoms with van der Waals surface area (Å²) in [5, 5.41) is 0. The van der Waals surface area contributed by atoms with Gasteiger partial charge in [0.05, 0.1) is 19.8 Å². The smallest absolute Gasteiger partial charge is 0.246 e. The lowest BCUT2D eigenvalue weighted by molar-refractivity contribution is -0.125. The Balaban J connectivity index is 3.01. The number of hydrogen-bond acceptors (Lipinski definition) is 3. The molecule has 0 atom stereocenters. The van der Waals surface area contributed by atoms with Crippen molar-refractivity contribution in [3.05, 3.63) is 29.8 Å². The maximum atomic E-state index is 11.9. The Labute approximate surface area is 114 Å². The van der Waals surface area contributed by atoms with Crippen LogP contribution in [0, 0.1) is 0 Å². The number of methoxy groups -OCH3 is 2. The van der Waals surface area contributed by atoms with Crippen molar-refractivity contribution in [2.45, 2.75) is 13.8 Å². The van der Waals surface area contributed by atoms with Gasteiger partial charge < -0.3 is 14.4 Å². The zero-order valence-electron chi connectivity index (χ0n) is 12.0. The molecule has 19 heavy (non-hydrogen) atoms. The Bertz CT molecular complexity index is 428. The van der Waals surface area contributed by atoms with E-state index in [0.29, 0.717) is 24.6 Å². The second-order valence-electron chi connectivity index (χ2n) is 3.92. The van der Waals surface area contributed by atoms with Crippen LogP contribution >= 0.6 is 0 Å². The number of carbonyl (C=O) groups excluding carboxylic acids is 1. The van der Waals surface area contributed by atoms with Crippen molar-refractivity contribution < 1.29 is 14.3 Å². The Morgan fingerprint density at radius 2 is 1.68 bits per heavy atom. The van der Waals surface area contributed by atoms with Crippen LogP contribution in [0.4, 0.5) is 0 Å². The van der Waals surface area contributed by atoms with Crippen LogP contribution in [0.5, 0.6) is 11.5 Å². The number of benzene rings is 1. The van der Waals surface area contributed by atoms with Crippen molar-refractivity contribution in [3.63, 3.8) is 0 Å². The van der Waals surface area contributed by atoms with Gasteiger partial charge in [0.15, 0.2) is 0 Å². The molecule has 0 N–H and O–H groups in total. The summed E-state index contributed by atoms with van der Waals surface area (Å²) in [6.07, 6.45) is 3.28. The van der Waals surface area contributed by atoms with E-state index in [1.807, 2.05) is 32.0 Å². The molecule has 1 aromatic rings. The van der Waals surface area contributed by atoms with Crippen LogP contribution in [0.3, 0.4) is 0 Å². The van der Waals surface area contributed by atoms with E-state index in [2.05, 4.69) is 0 Å². The molecule has 4 heteroatoms. The van der Waals surface area contributed by atoms with Crippen LogP contribution in [-0.4, -0.2) is 38.1 Å². The average Bonchev–Trinajstić information content (AvgIpc) is 2.45. The van der Waals surface area contributed by atoms with Gasteiger partial charge in [0.25, 0.3) is 0 Å². The molecule has 0 bridgehead atoms. The summed E-state index contributed by atoms with van der Waals surface area (Å²) in [7, 11) is 3.19. The molecule has 0 aliphatic carbocycles. The molecule has 0 unspecified atom stereocenters. The first-order valence-corrected chi connectivity index (χ1v) is 6.35. The van der Waals surface area contributed by atoms with Crippen molar-refractivity contribution >= 4 is 12.0 Å². The van der Waals surface area contributed by atoms with Gasteiger partial charge in [0, 0.05) is 19.2 Å². The van der Waals surface area contributed by atoms with Crippen LogP contribution in [-0.2, 0) is 4.79 Å². The number of hydrogen-bond donors (Lipinski definition) is 0. The second-order valence-corrected chi connectivity index (χ2v) is 3.92. The quantitative estimate of drug-likeness (QED) is 0.740. The predicted molar refractivity (Wildman–Crippen MR) is 76.5 cm³/mol. The van der Waals surface area contributed by atoms with E-state index in [9.17, 15) is 4.79 Å². The van der Waals surface area contributed by atoms with E-state index >= 15 is 0 Å². The molecule has 1 rings (SSSR count). The Kier molecular flexibility index (Phi) is 5.93. The molecule has 0 radical (unpaired) electrons. The summed E-state index contributed by atoms with van der Waals surface area (Å²) in [6, 6.07) is 5.52. The molecule has 0 fully saturated rings. The van der Waals surface area contributed by atoms with E-state index in [4.69, 9.17) is 9.47 Å². The number of rotatable bonds is 6. The minimum Gasteiger partial charge on any atom is -0.496 e. The molecule has 104 valence electrons. The maximum absolute atomic E-state index is 11.9. The van der Waals surface area contributed by atoms with Crippen molar-refractivity contribution in [3.8, 4) is 11.5 Å². The van der Waals surface area contributed by atoms with E-state index in [0.717, 1.165) is 5.56 Å². The Morgan fingerprint density at radius 3 is 2.11 bits per heavy atom. The lowest BCUT2D eigenvalue weighted by Gasteiger charge is -2.16. The van der Waals surface area contributed by atoms with Crippen molar-refractivity contribution in [2.24, 2.45) is 0 Å². The highest BCUT2D eigenvalue weighted by Gasteiger charge is 2.09. The van der Waals surface area contributed by atoms with Gasteiger partial charge >= 0.3 is 0 Å².